The lowest BCUT2D eigenvalue weighted by atomic mass is 10.1. The first-order valence-electron chi connectivity index (χ1n) is 12.6. The van der Waals surface area contributed by atoms with E-state index >= 15 is 0 Å². The number of fused-ring (bicyclic) bond motifs is 1. The van der Waals surface area contributed by atoms with E-state index < -0.39 is 0 Å². The summed E-state index contributed by atoms with van der Waals surface area (Å²) >= 11 is 1.42. The fraction of sp³-hybridized carbons (Fsp3) is 0.462. The molecule has 2 saturated heterocycles. The topological polar surface area (TPSA) is 91.3 Å². The van der Waals surface area contributed by atoms with Gasteiger partial charge in [-0.2, -0.15) is 0 Å². The number of thiophene rings is 1. The standard InChI is InChI=1S/C26H32N6O4S/c1-4-36-26(34)32-15-13-31(14-16-32)25(33)22-18(2)21-23(27-17-28-24(21)37-22)30-11-9-29(10-12-30)19-7-5-6-8-20(19)35-3/h5-8,17H,4,9-16H2,1-3H3. The molecule has 196 valence electrons. The number of amides is 2. The Morgan fingerprint density at radius 2 is 1.62 bits per heavy atom. The van der Waals surface area contributed by atoms with Gasteiger partial charge in [-0.1, -0.05) is 12.1 Å². The third-order valence-corrected chi connectivity index (χ3v) is 8.19. The number of para-hydroxylation sites is 2. The molecule has 2 fully saturated rings. The van der Waals surface area contributed by atoms with Crippen molar-refractivity contribution in [1.82, 2.24) is 19.8 Å². The summed E-state index contributed by atoms with van der Waals surface area (Å²) in [5.74, 6) is 1.74. The number of methoxy groups -OCH3 is 1. The number of hydrogen-bond donors (Lipinski definition) is 0. The number of benzene rings is 1. The number of hydrogen-bond acceptors (Lipinski definition) is 9. The van der Waals surface area contributed by atoms with E-state index in [0.29, 0.717) is 37.7 Å². The summed E-state index contributed by atoms with van der Waals surface area (Å²) in [5, 5.41) is 0.951. The van der Waals surface area contributed by atoms with Crippen molar-refractivity contribution in [3.63, 3.8) is 0 Å². The van der Waals surface area contributed by atoms with Crippen molar-refractivity contribution >= 4 is 45.1 Å². The number of piperazine rings is 2. The van der Waals surface area contributed by atoms with Gasteiger partial charge < -0.3 is 29.1 Å². The highest BCUT2D eigenvalue weighted by molar-refractivity contribution is 7.20. The number of ether oxygens (including phenoxy) is 2. The van der Waals surface area contributed by atoms with E-state index in [4.69, 9.17) is 9.47 Å². The van der Waals surface area contributed by atoms with Crippen molar-refractivity contribution in [2.24, 2.45) is 0 Å². The number of aryl methyl sites for hydroxylation is 1. The Morgan fingerprint density at radius 3 is 2.32 bits per heavy atom. The van der Waals surface area contributed by atoms with Crippen molar-refractivity contribution in [3.05, 3.63) is 41.0 Å². The Hall–Kier alpha value is -3.60. The van der Waals surface area contributed by atoms with E-state index in [-0.39, 0.29) is 12.0 Å². The molecule has 0 N–H and O–H groups in total. The lowest BCUT2D eigenvalue weighted by Gasteiger charge is -2.37. The highest BCUT2D eigenvalue weighted by atomic mass is 32.1. The number of nitrogens with zero attached hydrogens (tertiary/aromatic N) is 6. The first-order valence-corrected chi connectivity index (χ1v) is 13.4. The molecule has 0 saturated carbocycles. The molecule has 11 heteroatoms. The third kappa shape index (κ3) is 4.87. The van der Waals surface area contributed by atoms with Crippen LogP contribution in [0, 0.1) is 6.92 Å². The second kappa shape index (κ2) is 10.8. The molecule has 0 bridgehead atoms. The van der Waals surface area contributed by atoms with E-state index in [1.54, 1.807) is 25.3 Å². The highest BCUT2D eigenvalue weighted by Crippen LogP contribution is 2.36. The van der Waals surface area contributed by atoms with Crippen LogP contribution in [0.15, 0.2) is 30.6 Å². The van der Waals surface area contributed by atoms with Crippen molar-refractivity contribution in [3.8, 4) is 5.75 Å². The second-order valence-corrected chi connectivity index (χ2v) is 10.1. The zero-order chi connectivity index (χ0) is 25.9. The maximum Gasteiger partial charge on any atom is 0.409 e. The molecule has 2 amide bonds. The molecule has 37 heavy (non-hydrogen) atoms. The van der Waals surface area contributed by atoms with Crippen LogP contribution in [0.25, 0.3) is 10.2 Å². The molecule has 0 unspecified atom stereocenters. The van der Waals surface area contributed by atoms with Gasteiger partial charge in [0.05, 0.1) is 29.7 Å². The SMILES string of the molecule is CCOC(=O)N1CCN(C(=O)c2sc3ncnc(N4CCN(c5ccccc5OC)CC4)c3c2C)CC1. The van der Waals surface area contributed by atoms with Gasteiger partial charge in [0.1, 0.15) is 22.7 Å². The zero-order valence-electron chi connectivity index (χ0n) is 21.5. The summed E-state index contributed by atoms with van der Waals surface area (Å²) in [6.07, 6.45) is 1.27. The van der Waals surface area contributed by atoms with Crippen molar-refractivity contribution in [2.45, 2.75) is 13.8 Å². The Kier molecular flexibility index (Phi) is 7.31. The number of rotatable bonds is 5. The molecule has 2 aromatic heterocycles. The number of carbonyl (C=O) groups excluding carboxylic acids is 2. The Balaban J connectivity index is 1.31. The van der Waals surface area contributed by atoms with Crippen molar-refractivity contribution in [1.29, 1.82) is 0 Å². The van der Waals surface area contributed by atoms with E-state index in [9.17, 15) is 9.59 Å². The molecule has 0 radical (unpaired) electrons. The summed E-state index contributed by atoms with van der Waals surface area (Å²) in [7, 11) is 1.70. The molecule has 1 aromatic carbocycles. The number of aromatic nitrogens is 2. The molecule has 3 aromatic rings. The molecule has 2 aliphatic heterocycles. The molecule has 10 nitrogen and oxygen atoms in total. The third-order valence-electron chi connectivity index (χ3n) is 7.00. The van der Waals surface area contributed by atoms with Crippen LogP contribution in [-0.4, -0.2) is 97.8 Å². The summed E-state index contributed by atoms with van der Waals surface area (Å²) < 4.78 is 10.6. The van der Waals surface area contributed by atoms with Crippen molar-refractivity contribution in [2.75, 3.05) is 75.9 Å². The quantitative estimate of drug-likeness (QED) is 0.503. The van der Waals surface area contributed by atoms with Gasteiger partial charge in [0.2, 0.25) is 0 Å². The van der Waals surface area contributed by atoms with Crippen LogP contribution < -0.4 is 14.5 Å². The number of anilines is 2. The largest absolute Gasteiger partial charge is 0.495 e. The fourth-order valence-corrected chi connectivity index (χ4v) is 6.11. The van der Waals surface area contributed by atoms with Crippen LogP contribution in [0.5, 0.6) is 5.75 Å². The Bertz CT molecular complexity index is 1280. The van der Waals surface area contributed by atoms with Gasteiger partial charge in [-0.15, -0.1) is 11.3 Å². The van der Waals surface area contributed by atoms with Crippen LogP contribution in [0.4, 0.5) is 16.3 Å². The number of carbonyl (C=O) groups is 2. The monoisotopic (exact) mass is 524 g/mol. The minimum atomic E-state index is -0.321. The molecule has 5 rings (SSSR count). The maximum absolute atomic E-state index is 13.5. The Labute approximate surface area is 220 Å². The predicted octanol–water partition coefficient (Wildman–Crippen LogP) is 3.25. The average Bonchev–Trinajstić information content (AvgIpc) is 3.29. The van der Waals surface area contributed by atoms with E-state index in [1.807, 2.05) is 30.0 Å². The fourth-order valence-electron chi connectivity index (χ4n) is 5.00. The molecule has 0 atom stereocenters. The summed E-state index contributed by atoms with van der Waals surface area (Å²) in [6.45, 7) is 9.31. The lowest BCUT2D eigenvalue weighted by molar-refractivity contribution is 0.0574. The lowest BCUT2D eigenvalue weighted by Crippen LogP contribution is -2.50. The molecule has 4 heterocycles. The predicted molar refractivity (Wildman–Crippen MR) is 144 cm³/mol. The second-order valence-electron chi connectivity index (χ2n) is 9.06. The normalized spacial score (nSPS) is 16.3. The minimum absolute atomic E-state index is 0.0176. The van der Waals surface area contributed by atoms with E-state index in [1.165, 1.54) is 11.3 Å². The van der Waals surface area contributed by atoms with Gasteiger partial charge in [0.15, 0.2) is 0 Å². The van der Waals surface area contributed by atoms with Gasteiger partial charge in [0, 0.05) is 52.4 Å². The van der Waals surface area contributed by atoms with E-state index in [2.05, 4.69) is 25.8 Å². The summed E-state index contributed by atoms with van der Waals surface area (Å²) in [6, 6.07) is 8.08. The van der Waals surface area contributed by atoms with Gasteiger partial charge in [0.25, 0.3) is 5.91 Å². The smallest absolute Gasteiger partial charge is 0.409 e. The molecule has 0 spiro atoms. The Morgan fingerprint density at radius 1 is 0.946 bits per heavy atom. The van der Waals surface area contributed by atoms with Crippen LogP contribution >= 0.6 is 11.3 Å². The van der Waals surface area contributed by atoms with Crippen LogP contribution in [0.2, 0.25) is 0 Å². The first kappa shape index (κ1) is 25.1. The molecule has 0 aliphatic carbocycles. The van der Waals surface area contributed by atoms with Crippen LogP contribution in [0.3, 0.4) is 0 Å². The van der Waals surface area contributed by atoms with Crippen LogP contribution in [0.1, 0.15) is 22.2 Å². The maximum atomic E-state index is 13.5. The molecule has 2 aliphatic rings. The zero-order valence-corrected chi connectivity index (χ0v) is 22.3. The first-order chi connectivity index (χ1) is 18.0. The highest BCUT2D eigenvalue weighted by Gasteiger charge is 2.30. The van der Waals surface area contributed by atoms with Gasteiger partial charge >= 0.3 is 6.09 Å². The minimum Gasteiger partial charge on any atom is -0.495 e. The molecular weight excluding hydrogens is 492 g/mol. The van der Waals surface area contributed by atoms with Crippen LogP contribution in [-0.2, 0) is 4.74 Å². The average molecular weight is 525 g/mol. The summed E-state index contributed by atoms with van der Waals surface area (Å²) in [5.41, 5.74) is 2.01. The molecular formula is C26H32N6O4S. The van der Waals surface area contributed by atoms with Gasteiger partial charge in [-0.3, -0.25) is 4.79 Å². The van der Waals surface area contributed by atoms with Crippen molar-refractivity contribution < 1.29 is 19.1 Å². The van der Waals surface area contributed by atoms with E-state index in [0.717, 1.165) is 59.2 Å². The van der Waals surface area contributed by atoms with Gasteiger partial charge in [-0.05, 0) is 31.5 Å². The van der Waals surface area contributed by atoms with Gasteiger partial charge in [-0.25, -0.2) is 14.8 Å². The summed E-state index contributed by atoms with van der Waals surface area (Å²) in [4.78, 5) is 44.2.